The van der Waals surface area contributed by atoms with Crippen LogP contribution in [0.15, 0.2) is 6.20 Å². The van der Waals surface area contributed by atoms with Gasteiger partial charge >= 0.3 is 0 Å². The van der Waals surface area contributed by atoms with Crippen molar-refractivity contribution >= 4 is 0 Å². The molecule has 1 aliphatic heterocycles. The summed E-state index contributed by atoms with van der Waals surface area (Å²) in [7, 11) is 1.97. The van der Waals surface area contributed by atoms with Gasteiger partial charge in [-0.05, 0) is 33.2 Å². The minimum Gasteiger partial charge on any atom is -0.341 e. The lowest BCUT2D eigenvalue weighted by molar-refractivity contribution is 0.613. The minimum atomic E-state index is 0.385. The van der Waals surface area contributed by atoms with E-state index in [4.69, 9.17) is 0 Å². The standard InChI is InChI=1S/C13H19N5/c1-8-12(9(2)18(3)17-8)11-7-15-13(16-11)10-5-4-6-14-10/h7,10,14H,4-6H2,1-3H3,(H,15,16). The summed E-state index contributed by atoms with van der Waals surface area (Å²) in [6.45, 7) is 5.21. The minimum absolute atomic E-state index is 0.385. The number of aromatic nitrogens is 4. The summed E-state index contributed by atoms with van der Waals surface area (Å²) in [5.41, 5.74) is 4.46. The number of nitrogens with one attached hydrogen (secondary N) is 2. The third kappa shape index (κ3) is 1.75. The third-order valence-electron chi connectivity index (χ3n) is 3.76. The van der Waals surface area contributed by atoms with Gasteiger partial charge in [-0.15, -0.1) is 0 Å². The first-order valence-electron chi connectivity index (χ1n) is 6.45. The molecule has 0 radical (unpaired) electrons. The van der Waals surface area contributed by atoms with Crippen LogP contribution in [0.4, 0.5) is 0 Å². The van der Waals surface area contributed by atoms with E-state index in [-0.39, 0.29) is 0 Å². The van der Waals surface area contributed by atoms with Gasteiger partial charge in [0.05, 0.1) is 23.6 Å². The second kappa shape index (κ2) is 4.24. The van der Waals surface area contributed by atoms with Crippen molar-refractivity contribution in [3.63, 3.8) is 0 Å². The molecular formula is C13H19N5. The highest BCUT2D eigenvalue weighted by molar-refractivity contribution is 5.64. The average Bonchev–Trinajstić information content (AvgIpc) is 3.01. The Hall–Kier alpha value is -1.62. The molecule has 0 saturated carbocycles. The van der Waals surface area contributed by atoms with E-state index in [9.17, 15) is 0 Å². The number of nitrogens with zero attached hydrogens (tertiary/aromatic N) is 3. The molecule has 1 saturated heterocycles. The number of H-pyrrole nitrogens is 1. The van der Waals surface area contributed by atoms with Crippen molar-refractivity contribution in [2.45, 2.75) is 32.7 Å². The van der Waals surface area contributed by atoms with Gasteiger partial charge in [0.1, 0.15) is 5.82 Å². The van der Waals surface area contributed by atoms with Crippen LogP contribution in [0, 0.1) is 13.8 Å². The topological polar surface area (TPSA) is 58.5 Å². The first-order valence-corrected chi connectivity index (χ1v) is 6.45. The largest absolute Gasteiger partial charge is 0.341 e. The summed E-state index contributed by atoms with van der Waals surface area (Å²) in [5.74, 6) is 1.05. The smallest absolute Gasteiger partial charge is 0.123 e. The van der Waals surface area contributed by atoms with Crippen molar-refractivity contribution in [2.75, 3.05) is 6.54 Å². The highest BCUT2D eigenvalue weighted by Gasteiger charge is 2.20. The lowest BCUT2D eigenvalue weighted by Crippen LogP contribution is -2.14. The molecule has 0 aliphatic carbocycles. The quantitative estimate of drug-likeness (QED) is 0.849. The molecule has 3 rings (SSSR count). The van der Waals surface area contributed by atoms with E-state index in [2.05, 4.69) is 27.3 Å². The number of aromatic amines is 1. The molecule has 0 aromatic carbocycles. The van der Waals surface area contributed by atoms with Crippen LogP contribution in [0.5, 0.6) is 0 Å². The molecule has 3 heterocycles. The highest BCUT2D eigenvalue weighted by Crippen LogP contribution is 2.27. The van der Waals surface area contributed by atoms with Gasteiger partial charge in [0, 0.05) is 18.3 Å². The fourth-order valence-electron chi connectivity index (χ4n) is 2.72. The van der Waals surface area contributed by atoms with Crippen LogP contribution in [0.25, 0.3) is 11.3 Å². The Balaban J connectivity index is 1.97. The predicted octanol–water partition coefficient (Wildman–Crippen LogP) is 1.85. The summed E-state index contributed by atoms with van der Waals surface area (Å²) >= 11 is 0. The normalized spacial score (nSPS) is 19.6. The number of hydrogen-bond acceptors (Lipinski definition) is 3. The number of imidazole rings is 1. The summed E-state index contributed by atoms with van der Waals surface area (Å²) in [6.07, 6.45) is 4.32. The molecule has 0 bridgehead atoms. The molecule has 2 aromatic rings. The third-order valence-corrected chi connectivity index (χ3v) is 3.76. The van der Waals surface area contributed by atoms with Gasteiger partial charge in [-0.1, -0.05) is 0 Å². The van der Waals surface area contributed by atoms with E-state index in [0.717, 1.165) is 30.2 Å². The van der Waals surface area contributed by atoms with Crippen molar-refractivity contribution < 1.29 is 0 Å². The maximum Gasteiger partial charge on any atom is 0.123 e. The molecule has 96 valence electrons. The molecular weight excluding hydrogens is 226 g/mol. The van der Waals surface area contributed by atoms with Gasteiger partial charge < -0.3 is 10.3 Å². The molecule has 0 spiro atoms. The van der Waals surface area contributed by atoms with Crippen molar-refractivity contribution in [3.8, 4) is 11.3 Å². The molecule has 1 atom stereocenters. The zero-order chi connectivity index (χ0) is 12.7. The SMILES string of the molecule is Cc1nn(C)c(C)c1-c1cnc(C2CCCN2)[nH]1. The average molecular weight is 245 g/mol. The van der Waals surface area contributed by atoms with Crippen LogP contribution in [0.2, 0.25) is 0 Å². The van der Waals surface area contributed by atoms with Crippen molar-refractivity contribution in [3.05, 3.63) is 23.4 Å². The van der Waals surface area contributed by atoms with Crippen LogP contribution in [-0.2, 0) is 7.05 Å². The van der Waals surface area contributed by atoms with Crippen molar-refractivity contribution in [1.82, 2.24) is 25.1 Å². The maximum atomic E-state index is 4.51. The van der Waals surface area contributed by atoms with Gasteiger partial charge in [-0.3, -0.25) is 4.68 Å². The van der Waals surface area contributed by atoms with Gasteiger partial charge in [-0.25, -0.2) is 4.98 Å². The molecule has 0 amide bonds. The van der Waals surface area contributed by atoms with Gasteiger partial charge in [0.25, 0.3) is 0 Å². The molecule has 2 N–H and O–H groups in total. The second-order valence-electron chi connectivity index (χ2n) is 5.00. The summed E-state index contributed by atoms with van der Waals surface area (Å²) in [4.78, 5) is 7.95. The fourth-order valence-corrected chi connectivity index (χ4v) is 2.72. The molecule has 2 aromatic heterocycles. The van der Waals surface area contributed by atoms with Crippen LogP contribution in [-0.4, -0.2) is 26.3 Å². The van der Waals surface area contributed by atoms with E-state index in [1.165, 1.54) is 17.7 Å². The Kier molecular flexibility index (Phi) is 2.70. The Morgan fingerprint density at radius 3 is 2.83 bits per heavy atom. The van der Waals surface area contributed by atoms with Gasteiger partial charge in [-0.2, -0.15) is 5.10 Å². The number of aryl methyl sites for hydroxylation is 2. The summed E-state index contributed by atoms with van der Waals surface area (Å²) < 4.78 is 1.92. The zero-order valence-corrected chi connectivity index (χ0v) is 11.1. The first kappa shape index (κ1) is 11.5. The molecule has 1 unspecified atom stereocenters. The van der Waals surface area contributed by atoms with Crippen molar-refractivity contribution in [1.29, 1.82) is 0 Å². The van der Waals surface area contributed by atoms with Crippen LogP contribution >= 0.6 is 0 Å². The zero-order valence-electron chi connectivity index (χ0n) is 11.1. The molecule has 18 heavy (non-hydrogen) atoms. The van der Waals surface area contributed by atoms with Gasteiger partial charge in [0.2, 0.25) is 0 Å². The van der Waals surface area contributed by atoms with E-state index in [1.54, 1.807) is 0 Å². The summed E-state index contributed by atoms with van der Waals surface area (Å²) in [5, 5.41) is 7.90. The molecule has 5 heteroatoms. The van der Waals surface area contributed by atoms with E-state index < -0.39 is 0 Å². The maximum absolute atomic E-state index is 4.51. The van der Waals surface area contributed by atoms with Crippen LogP contribution < -0.4 is 5.32 Å². The Labute approximate surface area is 107 Å². The van der Waals surface area contributed by atoms with Crippen LogP contribution in [0.3, 0.4) is 0 Å². The Bertz CT molecular complexity index is 560. The second-order valence-corrected chi connectivity index (χ2v) is 5.00. The van der Waals surface area contributed by atoms with Gasteiger partial charge in [0.15, 0.2) is 0 Å². The molecule has 5 nitrogen and oxygen atoms in total. The molecule has 1 fully saturated rings. The van der Waals surface area contributed by atoms with E-state index in [1.807, 2.05) is 24.9 Å². The van der Waals surface area contributed by atoms with E-state index >= 15 is 0 Å². The first-order chi connectivity index (χ1) is 8.66. The lowest BCUT2D eigenvalue weighted by atomic mass is 10.1. The summed E-state index contributed by atoms with van der Waals surface area (Å²) in [6, 6.07) is 0.385. The number of hydrogen-bond donors (Lipinski definition) is 2. The van der Waals surface area contributed by atoms with E-state index in [0.29, 0.717) is 6.04 Å². The van der Waals surface area contributed by atoms with Crippen molar-refractivity contribution in [2.24, 2.45) is 7.05 Å². The fraction of sp³-hybridized carbons (Fsp3) is 0.538. The predicted molar refractivity (Wildman–Crippen MR) is 70.2 cm³/mol. The highest BCUT2D eigenvalue weighted by atomic mass is 15.3. The Morgan fingerprint density at radius 2 is 2.22 bits per heavy atom. The molecule has 1 aliphatic rings. The lowest BCUT2D eigenvalue weighted by Gasteiger charge is -2.05. The monoisotopic (exact) mass is 245 g/mol. The number of rotatable bonds is 2. The Morgan fingerprint density at radius 1 is 1.39 bits per heavy atom. The van der Waals surface area contributed by atoms with Crippen LogP contribution in [0.1, 0.15) is 36.1 Å².